The predicted molar refractivity (Wildman–Crippen MR) is 88.2 cm³/mol. The number of nitrogens with one attached hydrogen (secondary N) is 2. The van der Waals surface area contributed by atoms with E-state index in [0.29, 0.717) is 18.0 Å². The molecular weight excluding hydrogens is 327 g/mol. The molecule has 0 unspecified atom stereocenters. The van der Waals surface area contributed by atoms with Crippen molar-refractivity contribution in [2.45, 2.75) is 26.7 Å². The molecule has 0 aliphatic carbocycles. The van der Waals surface area contributed by atoms with E-state index in [1.165, 1.54) is 0 Å². The van der Waals surface area contributed by atoms with Gasteiger partial charge in [0.15, 0.2) is 0 Å². The Bertz CT molecular complexity index is 548. The summed E-state index contributed by atoms with van der Waals surface area (Å²) in [5.41, 5.74) is 0.0946. The van der Waals surface area contributed by atoms with Crippen LogP contribution in [0.15, 0.2) is 18.2 Å². The fourth-order valence-electron chi connectivity index (χ4n) is 1.71. The average Bonchev–Trinajstić information content (AvgIpc) is 2.48. The SMILES string of the molecule is CC(C)(CO)CCCNC(=O)C(=O)Nc1cccc(Cl)c1Cl. The van der Waals surface area contributed by atoms with Crippen molar-refractivity contribution in [3.05, 3.63) is 28.2 Å². The standard InChI is InChI=1S/C15H20Cl2N2O3/c1-15(2,9-20)7-4-8-18-13(21)14(22)19-11-6-3-5-10(16)12(11)17/h3,5-6,20H,4,7-9H2,1-2H3,(H,18,21)(H,19,22). The molecule has 0 spiro atoms. The van der Waals surface area contributed by atoms with Crippen molar-refractivity contribution in [1.82, 2.24) is 5.32 Å². The van der Waals surface area contributed by atoms with E-state index in [-0.39, 0.29) is 22.7 Å². The number of benzene rings is 1. The van der Waals surface area contributed by atoms with E-state index in [1.54, 1.807) is 18.2 Å². The number of hydrogen-bond acceptors (Lipinski definition) is 3. The van der Waals surface area contributed by atoms with E-state index in [1.807, 2.05) is 13.8 Å². The summed E-state index contributed by atoms with van der Waals surface area (Å²) in [6.07, 6.45) is 1.41. The van der Waals surface area contributed by atoms with E-state index in [4.69, 9.17) is 28.3 Å². The number of aliphatic hydroxyl groups excluding tert-OH is 1. The Hall–Kier alpha value is -1.30. The lowest BCUT2D eigenvalue weighted by molar-refractivity contribution is -0.136. The summed E-state index contributed by atoms with van der Waals surface area (Å²) in [6.45, 7) is 4.30. The molecule has 0 aliphatic heterocycles. The summed E-state index contributed by atoms with van der Waals surface area (Å²) in [6, 6.07) is 4.77. The molecule has 2 amide bonds. The first-order chi connectivity index (χ1) is 10.3. The normalized spacial score (nSPS) is 11.1. The minimum atomic E-state index is -0.800. The summed E-state index contributed by atoms with van der Waals surface area (Å²) in [5, 5.41) is 14.6. The van der Waals surface area contributed by atoms with Crippen LogP contribution >= 0.6 is 23.2 Å². The van der Waals surface area contributed by atoms with Crippen molar-refractivity contribution in [3.63, 3.8) is 0 Å². The fraction of sp³-hybridized carbons (Fsp3) is 0.467. The highest BCUT2D eigenvalue weighted by Crippen LogP contribution is 2.29. The van der Waals surface area contributed by atoms with Crippen LogP contribution in [0.4, 0.5) is 5.69 Å². The Labute approximate surface area is 140 Å². The zero-order chi connectivity index (χ0) is 16.8. The van der Waals surface area contributed by atoms with E-state index in [0.717, 1.165) is 6.42 Å². The Balaban J connectivity index is 2.43. The van der Waals surface area contributed by atoms with Crippen molar-refractivity contribution >= 4 is 40.7 Å². The second-order valence-corrected chi connectivity index (χ2v) is 6.52. The van der Waals surface area contributed by atoms with Crippen molar-refractivity contribution in [1.29, 1.82) is 0 Å². The van der Waals surface area contributed by atoms with Crippen LogP contribution in [-0.4, -0.2) is 30.1 Å². The second-order valence-electron chi connectivity index (χ2n) is 5.74. The quantitative estimate of drug-likeness (QED) is 0.547. The van der Waals surface area contributed by atoms with Gasteiger partial charge in [-0.05, 0) is 30.4 Å². The summed E-state index contributed by atoms with van der Waals surface area (Å²) in [5.74, 6) is -1.54. The highest BCUT2D eigenvalue weighted by Gasteiger charge is 2.18. The van der Waals surface area contributed by atoms with Crippen molar-refractivity contribution in [2.24, 2.45) is 5.41 Å². The van der Waals surface area contributed by atoms with Crippen molar-refractivity contribution in [3.8, 4) is 0 Å². The maximum Gasteiger partial charge on any atom is 0.313 e. The molecule has 5 nitrogen and oxygen atoms in total. The van der Waals surface area contributed by atoms with Gasteiger partial charge in [0.25, 0.3) is 0 Å². The number of carbonyl (C=O) groups excluding carboxylic acids is 2. The highest BCUT2D eigenvalue weighted by molar-refractivity contribution is 6.45. The molecule has 1 aromatic rings. The molecule has 0 atom stereocenters. The van der Waals surface area contributed by atoms with Gasteiger partial charge in [-0.25, -0.2) is 0 Å². The molecule has 22 heavy (non-hydrogen) atoms. The molecule has 1 aromatic carbocycles. The molecule has 0 radical (unpaired) electrons. The molecule has 0 bridgehead atoms. The van der Waals surface area contributed by atoms with Gasteiger partial charge in [0.1, 0.15) is 0 Å². The molecule has 0 heterocycles. The van der Waals surface area contributed by atoms with E-state index in [2.05, 4.69) is 10.6 Å². The lowest BCUT2D eigenvalue weighted by Crippen LogP contribution is -2.36. The Morgan fingerprint density at radius 3 is 2.55 bits per heavy atom. The van der Waals surface area contributed by atoms with E-state index in [9.17, 15) is 9.59 Å². The van der Waals surface area contributed by atoms with Gasteiger partial charge in [0, 0.05) is 13.2 Å². The molecule has 122 valence electrons. The molecule has 0 fully saturated rings. The van der Waals surface area contributed by atoms with Gasteiger partial charge < -0.3 is 15.7 Å². The molecule has 1 rings (SSSR count). The van der Waals surface area contributed by atoms with E-state index < -0.39 is 11.8 Å². The van der Waals surface area contributed by atoms with Crippen molar-refractivity contribution < 1.29 is 14.7 Å². The third-order valence-corrected chi connectivity index (χ3v) is 3.97. The van der Waals surface area contributed by atoms with Crippen LogP contribution in [0.25, 0.3) is 0 Å². The van der Waals surface area contributed by atoms with Gasteiger partial charge in [-0.2, -0.15) is 0 Å². The largest absolute Gasteiger partial charge is 0.396 e. The smallest absolute Gasteiger partial charge is 0.313 e. The average molecular weight is 347 g/mol. The maximum atomic E-state index is 11.8. The van der Waals surface area contributed by atoms with Gasteiger partial charge >= 0.3 is 11.8 Å². The minimum Gasteiger partial charge on any atom is -0.396 e. The Morgan fingerprint density at radius 2 is 1.91 bits per heavy atom. The van der Waals surface area contributed by atoms with Gasteiger partial charge in [-0.3, -0.25) is 9.59 Å². The molecule has 0 aromatic heterocycles. The number of aliphatic hydroxyl groups is 1. The zero-order valence-electron chi connectivity index (χ0n) is 12.6. The van der Waals surface area contributed by atoms with Crippen LogP contribution in [0.5, 0.6) is 0 Å². The van der Waals surface area contributed by atoms with Crippen LogP contribution in [0, 0.1) is 5.41 Å². The molecule has 0 saturated carbocycles. The molecule has 0 aliphatic rings. The summed E-state index contributed by atoms with van der Waals surface area (Å²) in [4.78, 5) is 23.4. The fourth-order valence-corrected chi connectivity index (χ4v) is 2.06. The summed E-state index contributed by atoms with van der Waals surface area (Å²) in [7, 11) is 0. The molecular formula is C15H20Cl2N2O3. The van der Waals surface area contributed by atoms with Crippen LogP contribution in [0.1, 0.15) is 26.7 Å². The number of carbonyl (C=O) groups is 2. The van der Waals surface area contributed by atoms with Crippen LogP contribution in [0.3, 0.4) is 0 Å². The van der Waals surface area contributed by atoms with E-state index >= 15 is 0 Å². The lowest BCUT2D eigenvalue weighted by atomic mass is 9.89. The Kier molecular flexibility index (Phi) is 7.13. The molecule has 3 N–H and O–H groups in total. The van der Waals surface area contributed by atoms with Gasteiger partial charge in [0.2, 0.25) is 0 Å². The summed E-state index contributed by atoms with van der Waals surface area (Å²) >= 11 is 11.8. The second kappa shape index (κ2) is 8.36. The predicted octanol–water partition coefficient (Wildman–Crippen LogP) is 2.85. The monoisotopic (exact) mass is 346 g/mol. The first kappa shape index (κ1) is 18.7. The molecule has 0 saturated heterocycles. The Morgan fingerprint density at radius 1 is 1.23 bits per heavy atom. The van der Waals surface area contributed by atoms with Gasteiger partial charge in [-0.1, -0.05) is 43.1 Å². The number of amides is 2. The number of halogens is 2. The van der Waals surface area contributed by atoms with Gasteiger partial charge in [-0.15, -0.1) is 0 Å². The first-order valence-corrected chi connectivity index (χ1v) is 7.66. The first-order valence-electron chi connectivity index (χ1n) is 6.91. The number of rotatable bonds is 6. The van der Waals surface area contributed by atoms with Crippen molar-refractivity contribution in [2.75, 3.05) is 18.5 Å². The minimum absolute atomic E-state index is 0.0781. The molecule has 7 heteroatoms. The lowest BCUT2D eigenvalue weighted by Gasteiger charge is -2.21. The van der Waals surface area contributed by atoms with Gasteiger partial charge in [0.05, 0.1) is 15.7 Å². The number of anilines is 1. The maximum absolute atomic E-state index is 11.8. The van der Waals surface area contributed by atoms with Crippen LogP contribution in [-0.2, 0) is 9.59 Å². The summed E-state index contributed by atoms with van der Waals surface area (Å²) < 4.78 is 0. The van der Waals surface area contributed by atoms with Crippen LogP contribution in [0.2, 0.25) is 10.0 Å². The van der Waals surface area contributed by atoms with Crippen LogP contribution < -0.4 is 10.6 Å². The third kappa shape index (κ3) is 5.83. The topological polar surface area (TPSA) is 78.4 Å². The number of hydrogen-bond donors (Lipinski definition) is 3. The third-order valence-electron chi connectivity index (χ3n) is 3.15. The zero-order valence-corrected chi connectivity index (χ0v) is 14.1. The highest BCUT2D eigenvalue weighted by atomic mass is 35.5.